The van der Waals surface area contributed by atoms with Crippen LogP contribution in [0.3, 0.4) is 0 Å². The van der Waals surface area contributed by atoms with E-state index in [2.05, 4.69) is 20.6 Å². The number of anilines is 2. The Kier molecular flexibility index (Phi) is 9.10. The van der Waals surface area contributed by atoms with Gasteiger partial charge < -0.3 is 15.7 Å². The van der Waals surface area contributed by atoms with Crippen LogP contribution in [0.1, 0.15) is 18.2 Å². The summed E-state index contributed by atoms with van der Waals surface area (Å²) in [6.07, 6.45) is -3.22. The van der Waals surface area contributed by atoms with Gasteiger partial charge in [-0.2, -0.15) is 13.2 Å². The first-order valence-corrected chi connectivity index (χ1v) is 10.6. The van der Waals surface area contributed by atoms with Crippen molar-refractivity contribution in [3.63, 3.8) is 0 Å². The van der Waals surface area contributed by atoms with Gasteiger partial charge in [0.25, 0.3) is 0 Å². The monoisotopic (exact) mass is 514 g/mol. The van der Waals surface area contributed by atoms with Crippen LogP contribution in [0.5, 0.6) is 0 Å². The van der Waals surface area contributed by atoms with Crippen LogP contribution >= 0.6 is 22.9 Å². The van der Waals surface area contributed by atoms with Gasteiger partial charge >= 0.3 is 12.1 Å². The number of carbonyl (C=O) groups excluding carboxylic acids is 2. The largest absolute Gasteiger partial charge is 0.490 e. The Morgan fingerprint density at radius 3 is 2.32 bits per heavy atom. The van der Waals surface area contributed by atoms with Gasteiger partial charge in [0.05, 0.1) is 22.7 Å². The molecule has 13 heteroatoms. The van der Waals surface area contributed by atoms with Crippen molar-refractivity contribution >= 4 is 51.5 Å². The summed E-state index contributed by atoms with van der Waals surface area (Å²) in [6.45, 7) is 3.28. The molecule has 2 amide bonds. The number of carboxylic acids is 1. The second-order valence-electron chi connectivity index (χ2n) is 6.69. The zero-order chi connectivity index (χ0) is 25.5. The van der Waals surface area contributed by atoms with Gasteiger partial charge in [0.1, 0.15) is 0 Å². The van der Waals surface area contributed by atoms with E-state index in [4.69, 9.17) is 21.5 Å². The van der Waals surface area contributed by atoms with Crippen LogP contribution in [0.2, 0.25) is 5.15 Å². The number of rotatable bonds is 5. The molecule has 0 atom stereocenters. The number of benzene rings is 1. The minimum Gasteiger partial charge on any atom is -0.475 e. The number of aliphatic carboxylic acids is 1. The average molecular weight is 515 g/mol. The van der Waals surface area contributed by atoms with E-state index in [-0.39, 0.29) is 23.4 Å². The summed E-state index contributed by atoms with van der Waals surface area (Å²) in [5, 5.41) is 13.3. The van der Waals surface area contributed by atoms with Crippen molar-refractivity contribution in [2.24, 2.45) is 0 Å². The zero-order valence-corrected chi connectivity index (χ0v) is 19.3. The van der Waals surface area contributed by atoms with Crippen molar-refractivity contribution in [1.29, 1.82) is 0 Å². The molecule has 0 fully saturated rings. The number of carbonyl (C=O) groups is 3. The van der Waals surface area contributed by atoms with E-state index in [1.165, 1.54) is 18.3 Å². The molecule has 0 spiro atoms. The number of thiazole rings is 1. The third-order valence-corrected chi connectivity index (χ3v) is 5.33. The van der Waals surface area contributed by atoms with Crippen LogP contribution in [0.25, 0.3) is 10.4 Å². The molecule has 34 heavy (non-hydrogen) atoms. The molecule has 3 N–H and O–H groups in total. The summed E-state index contributed by atoms with van der Waals surface area (Å²) in [5.41, 5.74) is 2.87. The number of aryl methyl sites for hydroxylation is 1. The third-order valence-electron chi connectivity index (χ3n) is 3.90. The van der Waals surface area contributed by atoms with Gasteiger partial charge in [-0.15, -0.1) is 0 Å². The summed E-state index contributed by atoms with van der Waals surface area (Å²) in [5.74, 6) is -3.12. The molecule has 0 bridgehead atoms. The highest BCUT2D eigenvalue weighted by atomic mass is 35.5. The lowest BCUT2D eigenvalue weighted by molar-refractivity contribution is -0.192. The van der Waals surface area contributed by atoms with E-state index in [0.717, 1.165) is 21.7 Å². The molecule has 3 rings (SSSR count). The molecule has 1 aromatic carbocycles. The molecule has 0 radical (unpaired) electrons. The first-order valence-electron chi connectivity index (χ1n) is 9.41. The van der Waals surface area contributed by atoms with Crippen LogP contribution in [0.15, 0.2) is 42.6 Å². The van der Waals surface area contributed by atoms with Crippen molar-refractivity contribution in [3.8, 4) is 10.4 Å². The van der Waals surface area contributed by atoms with Crippen molar-refractivity contribution in [2.75, 3.05) is 10.6 Å². The SMILES string of the molecule is CC(=O)Nc1nc(C)c(-c2cnc(Cl)c(NC(=O)Cc3ccccc3)c2)s1.O=C(O)C(F)(F)F. The summed E-state index contributed by atoms with van der Waals surface area (Å²) in [7, 11) is 0. The van der Waals surface area contributed by atoms with Crippen LogP contribution in [0.4, 0.5) is 24.0 Å². The van der Waals surface area contributed by atoms with Crippen molar-refractivity contribution in [3.05, 3.63) is 59.0 Å². The molecule has 2 aromatic heterocycles. The van der Waals surface area contributed by atoms with Crippen molar-refractivity contribution in [1.82, 2.24) is 9.97 Å². The fraction of sp³-hybridized carbons (Fsp3) is 0.190. The molecule has 180 valence electrons. The zero-order valence-electron chi connectivity index (χ0n) is 17.7. The first-order chi connectivity index (χ1) is 15.9. The van der Waals surface area contributed by atoms with E-state index in [1.807, 2.05) is 37.3 Å². The number of nitrogens with one attached hydrogen (secondary N) is 2. The summed E-state index contributed by atoms with van der Waals surface area (Å²) in [6, 6.07) is 11.2. The number of hydrogen-bond donors (Lipinski definition) is 3. The number of nitrogens with zero attached hydrogens (tertiary/aromatic N) is 2. The number of hydrogen-bond acceptors (Lipinski definition) is 6. The summed E-state index contributed by atoms with van der Waals surface area (Å²) < 4.78 is 31.7. The fourth-order valence-corrected chi connectivity index (χ4v) is 3.65. The third kappa shape index (κ3) is 8.12. The van der Waals surface area contributed by atoms with Crippen LogP contribution in [-0.4, -0.2) is 39.0 Å². The van der Waals surface area contributed by atoms with Crippen LogP contribution in [-0.2, 0) is 20.8 Å². The maximum absolute atomic E-state index is 12.3. The molecule has 0 saturated carbocycles. The lowest BCUT2D eigenvalue weighted by Crippen LogP contribution is -2.21. The highest BCUT2D eigenvalue weighted by Crippen LogP contribution is 2.35. The molecule has 0 saturated heterocycles. The van der Waals surface area contributed by atoms with E-state index >= 15 is 0 Å². The van der Waals surface area contributed by atoms with Crippen LogP contribution < -0.4 is 10.6 Å². The van der Waals surface area contributed by atoms with Gasteiger partial charge in [-0.1, -0.05) is 53.3 Å². The maximum atomic E-state index is 12.3. The number of alkyl halides is 3. The second kappa shape index (κ2) is 11.6. The Bertz CT molecular complexity index is 1190. The molecule has 2 heterocycles. The number of amides is 2. The molecule has 0 aliphatic rings. The predicted molar refractivity (Wildman–Crippen MR) is 122 cm³/mol. The fourth-order valence-electron chi connectivity index (χ4n) is 2.50. The Balaban J connectivity index is 0.000000509. The van der Waals surface area contributed by atoms with Gasteiger partial charge in [0.15, 0.2) is 10.3 Å². The molecular formula is C21H18ClF3N4O4S. The topological polar surface area (TPSA) is 121 Å². The maximum Gasteiger partial charge on any atom is 0.490 e. The van der Waals surface area contributed by atoms with E-state index in [0.29, 0.717) is 10.8 Å². The predicted octanol–water partition coefficient (Wildman–Crippen LogP) is 4.94. The lowest BCUT2D eigenvalue weighted by Gasteiger charge is -2.09. The van der Waals surface area contributed by atoms with Gasteiger partial charge in [0, 0.05) is 18.7 Å². The minimum atomic E-state index is -5.08. The molecule has 8 nitrogen and oxygen atoms in total. The second-order valence-corrected chi connectivity index (χ2v) is 8.05. The molecule has 0 aliphatic carbocycles. The Hall–Kier alpha value is -3.51. The molecule has 0 aliphatic heterocycles. The first kappa shape index (κ1) is 26.7. The highest BCUT2D eigenvalue weighted by molar-refractivity contribution is 7.19. The highest BCUT2D eigenvalue weighted by Gasteiger charge is 2.38. The molecular weight excluding hydrogens is 497 g/mol. The summed E-state index contributed by atoms with van der Waals surface area (Å²) >= 11 is 7.49. The quantitative estimate of drug-likeness (QED) is 0.415. The van der Waals surface area contributed by atoms with Gasteiger partial charge in [-0.25, -0.2) is 14.8 Å². The van der Waals surface area contributed by atoms with E-state index < -0.39 is 12.1 Å². The Morgan fingerprint density at radius 2 is 1.76 bits per heavy atom. The number of halogens is 4. The number of aromatic nitrogens is 2. The van der Waals surface area contributed by atoms with Crippen molar-refractivity contribution in [2.45, 2.75) is 26.4 Å². The standard InChI is InChI=1S/C19H17ClN4O2S.C2HF3O2/c1-11-17(27-19(22-11)23-12(2)25)14-9-15(18(20)21-10-14)24-16(26)8-13-6-4-3-5-7-13;3-2(4,5)1(6)7/h3-7,9-10H,8H2,1-2H3,(H,24,26)(H,22,23,25);(H,6,7). The van der Waals surface area contributed by atoms with Crippen LogP contribution in [0, 0.1) is 6.92 Å². The summed E-state index contributed by atoms with van der Waals surface area (Å²) in [4.78, 5) is 41.8. The van der Waals surface area contributed by atoms with Crippen molar-refractivity contribution < 1.29 is 32.7 Å². The molecule has 0 unspecified atom stereocenters. The van der Waals surface area contributed by atoms with Gasteiger partial charge in [-0.3, -0.25) is 9.59 Å². The Labute approximate surface area is 200 Å². The normalized spacial score (nSPS) is 10.6. The van der Waals surface area contributed by atoms with E-state index in [9.17, 15) is 22.8 Å². The van der Waals surface area contributed by atoms with Gasteiger partial charge in [-0.05, 0) is 18.6 Å². The molecule has 3 aromatic rings. The number of carboxylic acid groups (broad SMARTS) is 1. The average Bonchev–Trinajstić information content (AvgIpc) is 3.09. The lowest BCUT2D eigenvalue weighted by atomic mass is 10.1. The smallest absolute Gasteiger partial charge is 0.475 e. The van der Waals surface area contributed by atoms with Gasteiger partial charge in [0.2, 0.25) is 11.8 Å². The van der Waals surface area contributed by atoms with E-state index in [1.54, 1.807) is 12.3 Å². The Morgan fingerprint density at radius 1 is 1.15 bits per heavy atom. The number of pyridine rings is 1. The minimum absolute atomic E-state index is 0.179.